The molecule has 0 fully saturated rings. The highest BCUT2D eigenvalue weighted by Gasteiger charge is 2.20. The van der Waals surface area contributed by atoms with E-state index in [1.54, 1.807) is 48.3 Å². The number of hydrogen-bond acceptors (Lipinski definition) is 5. The Morgan fingerprint density at radius 3 is 2.26 bits per heavy atom. The van der Waals surface area contributed by atoms with Crippen molar-refractivity contribution in [2.75, 3.05) is 7.11 Å². The first-order chi connectivity index (χ1) is 16.5. The number of ketones is 1. The molecule has 0 saturated carbocycles. The number of phenols is 1. The predicted molar refractivity (Wildman–Crippen MR) is 131 cm³/mol. The summed E-state index contributed by atoms with van der Waals surface area (Å²) >= 11 is 0. The summed E-state index contributed by atoms with van der Waals surface area (Å²) in [7, 11) is 1.55. The lowest BCUT2D eigenvalue weighted by molar-refractivity contribution is 0.103. The van der Waals surface area contributed by atoms with Crippen LogP contribution in [0.1, 0.15) is 32.6 Å². The smallest absolute Gasteiger partial charge is 0.196 e. The van der Waals surface area contributed by atoms with Crippen molar-refractivity contribution in [2.45, 2.75) is 13.3 Å². The first-order valence-corrected chi connectivity index (χ1v) is 10.9. The fourth-order valence-electron chi connectivity index (χ4n) is 4.15. The third-order valence-corrected chi connectivity index (χ3v) is 5.76. The molecule has 6 nitrogen and oxygen atoms in total. The first kappa shape index (κ1) is 21.4. The zero-order valence-corrected chi connectivity index (χ0v) is 18.9. The Kier molecular flexibility index (Phi) is 5.55. The first-order valence-electron chi connectivity index (χ1n) is 10.9. The van der Waals surface area contributed by atoms with Crippen molar-refractivity contribution in [3.63, 3.8) is 0 Å². The van der Waals surface area contributed by atoms with Crippen molar-refractivity contribution < 1.29 is 14.6 Å². The lowest BCUT2D eigenvalue weighted by atomic mass is 9.95. The molecule has 0 spiro atoms. The standard InChI is InChI=1S/C28H23N3O3/c1-18-14-19(16-21(15-18)31-29-24-10-6-7-11-25(24)30-31)17-23-26(34-2)13-12-22(28(23)33)27(32)20-8-4-3-5-9-20/h3-16,33H,17H2,1-2H3. The third kappa shape index (κ3) is 4.01. The van der Waals surface area contributed by atoms with Gasteiger partial charge in [0.15, 0.2) is 5.78 Å². The second kappa shape index (κ2) is 8.83. The van der Waals surface area contributed by atoms with E-state index >= 15 is 0 Å². The van der Waals surface area contributed by atoms with Gasteiger partial charge in [-0.2, -0.15) is 4.80 Å². The van der Waals surface area contributed by atoms with Gasteiger partial charge in [0, 0.05) is 17.5 Å². The number of benzene rings is 4. The van der Waals surface area contributed by atoms with Crippen LogP contribution in [-0.2, 0) is 6.42 Å². The van der Waals surface area contributed by atoms with E-state index < -0.39 is 0 Å². The van der Waals surface area contributed by atoms with Crippen LogP contribution in [0.3, 0.4) is 0 Å². The summed E-state index contributed by atoms with van der Waals surface area (Å²) in [4.78, 5) is 14.6. The molecule has 0 unspecified atom stereocenters. The summed E-state index contributed by atoms with van der Waals surface area (Å²) in [6, 6.07) is 26.0. The SMILES string of the molecule is COc1ccc(C(=O)c2ccccc2)c(O)c1Cc1cc(C)cc(-n2nc3ccccc3n2)c1. The minimum Gasteiger partial charge on any atom is -0.507 e. The van der Waals surface area contributed by atoms with Gasteiger partial charge in [0.2, 0.25) is 0 Å². The van der Waals surface area contributed by atoms with Crippen LogP contribution in [-0.4, -0.2) is 33.0 Å². The van der Waals surface area contributed by atoms with Gasteiger partial charge in [-0.15, -0.1) is 10.2 Å². The largest absolute Gasteiger partial charge is 0.507 e. The maximum absolute atomic E-state index is 13.0. The van der Waals surface area contributed by atoms with Crippen LogP contribution in [0.4, 0.5) is 0 Å². The molecule has 0 bridgehead atoms. The molecule has 1 aromatic heterocycles. The highest BCUT2D eigenvalue weighted by Crippen LogP contribution is 2.35. The molecule has 0 atom stereocenters. The highest BCUT2D eigenvalue weighted by molar-refractivity contribution is 6.11. The van der Waals surface area contributed by atoms with Crippen LogP contribution in [0.2, 0.25) is 0 Å². The van der Waals surface area contributed by atoms with Crippen LogP contribution < -0.4 is 4.74 Å². The average Bonchev–Trinajstić information content (AvgIpc) is 3.30. The fraction of sp³-hybridized carbons (Fsp3) is 0.107. The number of aryl methyl sites for hydroxylation is 1. The van der Waals surface area contributed by atoms with Gasteiger partial charge in [0.05, 0.1) is 18.4 Å². The number of methoxy groups -OCH3 is 1. The number of ether oxygens (including phenoxy) is 1. The van der Waals surface area contributed by atoms with Crippen molar-refractivity contribution in [3.05, 3.63) is 113 Å². The van der Waals surface area contributed by atoms with Crippen molar-refractivity contribution in [2.24, 2.45) is 0 Å². The molecule has 0 saturated heterocycles. The molecule has 6 heteroatoms. The van der Waals surface area contributed by atoms with Gasteiger partial charge in [0.1, 0.15) is 22.5 Å². The number of hydrogen-bond donors (Lipinski definition) is 1. The molecule has 168 valence electrons. The summed E-state index contributed by atoms with van der Waals surface area (Å²) in [6.07, 6.45) is 0.375. The Labute approximate surface area is 197 Å². The lowest BCUT2D eigenvalue weighted by Gasteiger charge is -2.15. The van der Waals surface area contributed by atoms with E-state index in [1.165, 1.54) is 0 Å². The Morgan fingerprint density at radius 1 is 0.912 bits per heavy atom. The minimum absolute atomic E-state index is 0.0702. The Morgan fingerprint density at radius 2 is 1.59 bits per heavy atom. The zero-order chi connectivity index (χ0) is 23.7. The van der Waals surface area contributed by atoms with Gasteiger partial charge in [-0.1, -0.05) is 48.5 Å². The second-order valence-electron chi connectivity index (χ2n) is 8.17. The van der Waals surface area contributed by atoms with Crippen LogP contribution in [0.5, 0.6) is 11.5 Å². The second-order valence-corrected chi connectivity index (χ2v) is 8.17. The number of aromatic hydroxyl groups is 1. The van der Waals surface area contributed by atoms with E-state index in [0.717, 1.165) is 27.8 Å². The lowest BCUT2D eigenvalue weighted by Crippen LogP contribution is -2.05. The van der Waals surface area contributed by atoms with Gasteiger partial charge in [-0.05, 0) is 54.4 Å². The molecule has 0 aliphatic heterocycles. The van der Waals surface area contributed by atoms with Gasteiger partial charge in [-0.3, -0.25) is 4.79 Å². The number of aromatic nitrogens is 3. The monoisotopic (exact) mass is 449 g/mol. The molecule has 34 heavy (non-hydrogen) atoms. The predicted octanol–water partition coefficient (Wildman–Crippen LogP) is 5.26. The maximum atomic E-state index is 13.0. The molecule has 5 rings (SSSR count). The number of fused-ring (bicyclic) bond motifs is 1. The molecule has 4 aromatic carbocycles. The molecule has 0 aliphatic rings. The topological polar surface area (TPSA) is 77.2 Å². The van der Waals surface area contributed by atoms with E-state index in [9.17, 15) is 9.90 Å². The maximum Gasteiger partial charge on any atom is 0.196 e. The molecule has 1 heterocycles. The summed E-state index contributed by atoms with van der Waals surface area (Å²) in [5, 5.41) is 20.3. The van der Waals surface area contributed by atoms with Crippen LogP contribution in [0, 0.1) is 6.92 Å². The van der Waals surface area contributed by atoms with Gasteiger partial charge < -0.3 is 9.84 Å². The van der Waals surface area contributed by atoms with Crippen molar-refractivity contribution in [1.29, 1.82) is 0 Å². The van der Waals surface area contributed by atoms with Crippen LogP contribution >= 0.6 is 0 Å². The number of nitrogens with zero attached hydrogens (tertiary/aromatic N) is 3. The number of carbonyl (C=O) groups excluding carboxylic acids is 1. The van der Waals surface area contributed by atoms with Crippen LogP contribution in [0.25, 0.3) is 16.7 Å². The molecular weight excluding hydrogens is 426 g/mol. The number of phenolic OH excluding ortho intramolecular Hbond substituents is 1. The molecular formula is C28H23N3O3. The van der Waals surface area contributed by atoms with Crippen LogP contribution in [0.15, 0.2) is 84.9 Å². The minimum atomic E-state index is -0.237. The van der Waals surface area contributed by atoms with E-state index in [0.29, 0.717) is 23.3 Å². The van der Waals surface area contributed by atoms with Gasteiger partial charge in [0.25, 0.3) is 0 Å². The van der Waals surface area contributed by atoms with Crippen molar-refractivity contribution >= 4 is 16.8 Å². The Hall–Kier alpha value is -4.45. The van der Waals surface area contributed by atoms with E-state index in [2.05, 4.69) is 10.2 Å². The third-order valence-electron chi connectivity index (χ3n) is 5.76. The summed E-state index contributed by atoms with van der Waals surface area (Å²) in [6.45, 7) is 2.00. The quantitative estimate of drug-likeness (QED) is 0.358. The number of carbonyl (C=O) groups is 1. The fourth-order valence-corrected chi connectivity index (χ4v) is 4.15. The summed E-state index contributed by atoms with van der Waals surface area (Å²) in [5.41, 5.74) is 5.74. The Bertz CT molecular complexity index is 1470. The molecule has 1 N–H and O–H groups in total. The summed E-state index contributed by atoms with van der Waals surface area (Å²) < 4.78 is 5.52. The van der Waals surface area contributed by atoms with E-state index in [-0.39, 0.29) is 17.1 Å². The Balaban J connectivity index is 1.54. The van der Waals surface area contributed by atoms with E-state index in [1.807, 2.05) is 55.5 Å². The molecule has 0 radical (unpaired) electrons. The molecule has 5 aromatic rings. The van der Waals surface area contributed by atoms with Gasteiger partial charge >= 0.3 is 0 Å². The van der Waals surface area contributed by atoms with Crippen molar-refractivity contribution in [3.8, 4) is 17.2 Å². The van der Waals surface area contributed by atoms with Gasteiger partial charge in [-0.25, -0.2) is 0 Å². The summed E-state index contributed by atoms with van der Waals surface area (Å²) in [5.74, 6) is 0.215. The number of rotatable bonds is 6. The zero-order valence-electron chi connectivity index (χ0n) is 18.9. The average molecular weight is 450 g/mol. The molecule has 0 aliphatic carbocycles. The van der Waals surface area contributed by atoms with E-state index in [4.69, 9.17) is 4.74 Å². The van der Waals surface area contributed by atoms with Crippen molar-refractivity contribution in [1.82, 2.24) is 15.0 Å². The normalized spacial score (nSPS) is 11.0. The molecule has 0 amide bonds. The highest BCUT2D eigenvalue weighted by atomic mass is 16.5.